The molecule has 2 aromatic heterocycles. The summed E-state index contributed by atoms with van der Waals surface area (Å²) >= 11 is 0. The fraction of sp³-hybridized carbons (Fsp3) is 0. The minimum absolute atomic E-state index is 0.0283. The molecule has 0 amide bonds. The van der Waals surface area contributed by atoms with Crippen molar-refractivity contribution >= 4 is 38.5 Å². The molecule has 36 heavy (non-hydrogen) atoms. The van der Waals surface area contributed by atoms with Gasteiger partial charge >= 0.3 is 0 Å². The number of nitrogens with zero attached hydrogens (tertiary/aromatic N) is 2. The molecule has 0 spiro atoms. The Morgan fingerprint density at radius 2 is 1.14 bits per heavy atom. The number of hydrogen-bond donors (Lipinski definition) is 0. The van der Waals surface area contributed by atoms with E-state index in [0.29, 0.717) is 11.1 Å². The van der Waals surface area contributed by atoms with Crippen LogP contribution in [0.1, 0.15) is 15.9 Å². The summed E-state index contributed by atoms with van der Waals surface area (Å²) in [6.45, 7) is 0. The van der Waals surface area contributed by atoms with Crippen LogP contribution >= 0.6 is 0 Å². The quantitative estimate of drug-likeness (QED) is 0.244. The van der Waals surface area contributed by atoms with E-state index in [1.165, 1.54) is 21.7 Å². The molecule has 0 N–H and O–H groups in total. The van der Waals surface area contributed by atoms with Gasteiger partial charge in [0.1, 0.15) is 0 Å². The summed E-state index contributed by atoms with van der Waals surface area (Å²) in [7, 11) is 0. The van der Waals surface area contributed by atoms with Crippen molar-refractivity contribution < 1.29 is 4.79 Å². The van der Waals surface area contributed by atoms with Crippen LogP contribution in [0.5, 0.6) is 0 Å². The first kappa shape index (κ1) is 20.5. The average Bonchev–Trinajstić information content (AvgIpc) is 3.53. The number of rotatable bonds is 4. The van der Waals surface area contributed by atoms with Gasteiger partial charge in [-0.15, -0.1) is 0 Å². The predicted molar refractivity (Wildman–Crippen MR) is 147 cm³/mol. The molecule has 170 valence electrons. The van der Waals surface area contributed by atoms with Crippen molar-refractivity contribution in [2.45, 2.75) is 0 Å². The third-order valence-corrected chi connectivity index (χ3v) is 6.94. The van der Waals surface area contributed by atoms with Crippen LogP contribution in [0.4, 0.5) is 0 Å². The first-order valence-electron chi connectivity index (χ1n) is 12.1. The largest absolute Gasteiger partial charge is 0.317 e. The Balaban J connectivity index is 1.47. The van der Waals surface area contributed by atoms with Gasteiger partial charge in [0.05, 0.1) is 16.6 Å². The number of benzene rings is 5. The molecule has 0 fully saturated rings. The van der Waals surface area contributed by atoms with E-state index in [0.717, 1.165) is 22.4 Å². The fourth-order valence-corrected chi connectivity index (χ4v) is 5.32. The van der Waals surface area contributed by atoms with Crippen LogP contribution in [0, 0.1) is 0 Å². The number of carbonyl (C=O) groups is 1. The van der Waals surface area contributed by atoms with Gasteiger partial charge < -0.3 is 9.13 Å². The Labute approximate surface area is 208 Å². The summed E-state index contributed by atoms with van der Waals surface area (Å²) < 4.78 is 4.51. The third kappa shape index (κ3) is 3.10. The molecule has 7 aromatic rings. The number of carbonyl (C=O) groups excluding carboxylic acids is 1. The van der Waals surface area contributed by atoms with Gasteiger partial charge in [-0.2, -0.15) is 0 Å². The lowest BCUT2D eigenvalue weighted by Gasteiger charge is -2.10. The minimum atomic E-state index is 0.0283. The highest BCUT2D eigenvalue weighted by Crippen LogP contribution is 2.38. The van der Waals surface area contributed by atoms with Crippen molar-refractivity contribution in [3.63, 3.8) is 0 Å². The van der Waals surface area contributed by atoms with Gasteiger partial charge in [0.15, 0.2) is 5.78 Å². The van der Waals surface area contributed by atoms with E-state index < -0.39 is 0 Å². The van der Waals surface area contributed by atoms with E-state index in [1.807, 2.05) is 54.6 Å². The number of hydrogen-bond acceptors (Lipinski definition) is 1. The van der Waals surface area contributed by atoms with Crippen LogP contribution in [-0.2, 0) is 0 Å². The molecule has 0 radical (unpaired) electrons. The van der Waals surface area contributed by atoms with Gasteiger partial charge in [-0.25, -0.2) is 0 Å². The predicted octanol–water partition coefficient (Wildman–Crippen LogP) is 7.96. The fourth-order valence-electron chi connectivity index (χ4n) is 5.32. The maximum Gasteiger partial charge on any atom is 0.193 e. The Hall–Kier alpha value is -4.89. The summed E-state index contributed by atoms with van der Waals surface area (Å²) in [4.78, 5) is 13.2. The first-order valence-corrected chi connectivity index (χ1v) is 12.1. The van der Waals surface area contributed by atoms with Crippen LogP contribution in [0.15, 0.2) is 134 Å². The topological polar surface area (TPSA) is 26.9 Å². The highest BCUT2D eigenvalue weighted by Gasteiger charge is 2.17. The van der Waals surface area contributed by atoms with Gasteiger partial charge in [-0.05, 0) is 48.5 Å². The van der Waals surface area contributed by atoms with Crippen LogP contribution < -0.4 is 0 Å². The van der Waals surface area contributed by atoms with Gasteiger partial charge in [-0.1, -0.05) is 78.9 Å². The number of aromatic nitrogens is 2. The number of ketones is 1. The SMILES string of the molecule is O=C(c1ccccc1)c1cccc(-n2c3ccccc3c3c4ccn(-c5ccccc5)c4ccc32)c1. The maximum absolute atomic E-state index is 13.2. The zero-order valence-corrected chi connectivity index (χ0v) is 19.5. The maximum atomic E-state index is 13.2. The Bertz CT molecular complexity index is 1890. The molecule has 0 atom stereocenters. The molecule has 0 saturated heterocycles. The van der Waals surface area contributed by atoms with E-state index >= 15 is 0 Å². The van der Waals surface area contributed by atoms with Crippen molar-refractivity contribution in [2.24, 2.45) is 0 Å². The van der Waals surface area contributed by atoms with E-state index in [2.05, 4.69) is 88.1 Å². The minimum Gasteiger partial charge on any atom is -0.317 e. The van der Waals surface area contributed by atoms with Gasteiger partial charge in [0, 0.05) is 44.9 Å². The van der Waals surface area contributed by atoms with Gasteiger partial charge in [0.2, 0.25) is 0 Å². The Morgan fingerprint density at radius 3 is 1.97 bits per heavy atom. The summed E-state index contributed by atoms with van der Waals surface area (Å²) in [6, 6.07) is 42.9. The lowest BCUT2D eigenvalue weighted by Crippen LogP contribution is -2.03. The summed E-state index contributed by atoms with van der Waals surface area (Å²) in [5, 5.41) is 3.63. The van der Waals surface area contributed by atoms with Crippen molar-refractivity contribution in [3.05, 3.63) is 145 Å². The van der Waals surface area contributed by atoms with E-state index in [-0.39, 0.29) is 5.78 Å². The third-order valence-electron chi connectivity index (χ3n) is 6.94. The molecule has 3 heteroatoms. The van der Waals surface area contributed by atoms with Gasteiger partial charge in [0.25, 0.3) is 0 Å². The molecule has 5 aromatic carbocycles. The molecule has 0 saturated carbocycles. The van der Waals surface area contributed by atoms with Crippen molar-refractivity contribution in [2.75, 3.05) is 0 Å². The second-order valence-electron chi connectivity index (χ2n) is 9.01. The zero-order chi connectivity index (χ0) is 24.1. The van der Waals surface area contributed by atoms with Crippen molar-refractivity contribution in [1.29, 1.82) is 0 Å². The Morgan fingerprint density at radius 1 is 0.500 bits per heavy atom. The summed E-state index contributed by atoms with van der Waals surface area (Å²) in [6.07, 6.45) is 2.14. The number of fused-ring (bicyclic) bond motifs is 5. The molecule has 2 heterocycles. The molecule has 0 aliphatic heterocycles. The summed E-state index contributed by atoms with van der Waals surface area (Å²) in [5.74, 6) is 0.0283. The second-order valence-corrected chi connectivity index (χ2v) is 9.01. The highest BCUT2D eigenvalue weighted by atomic mass is 16.1. The van der Waals surface area contributed by atoms with E-state index in [4.69, 9.17) is 0 Å². The first-order chi connectivity index (χ1) is 17.8. The molecule has 0 aliphatic carbocycles. The molecule has 7 rings (SSSR count). The van der Waals surface area contributed by atoms with E-state index in [9.17, 15) is 4.79 Å². The molecule has 3 nitrogen and oxygen atoms in total. The van der Waals surface area contributed by atoms with E-state index in [1.54, 1.807) is 0 Å². The van der Waals surface area contributed by atoms with Crippen LogP contribution in [-0.4, -0.2) is 14.9 Å². The van der Waals surface area contributed by atoms with Crippen molar-refractivity contribution in [3.8, 4) is 11.4 Å². The molecular weight excluding hydrogens is 440 g/mol. The smallest absolute Gasteiger partial charge is 0.193 e. The molecule has 0 bridgehead atoms. The number of para-hydroxylation sites is 2. The monoisotopic (exact) mass is 462 g/mol. The zero-order valence-electron chi connectivity index (χ0n) is 19.5. The molecular formula is C33H22N2O. The standard InChI is InChI=1S/C33H22N2O/c36-33(23-10-3-1-4-11-23)24-12-9-15-26(22-24)35-30-17-8-7-16-27(30)32-28-20-21-34(25-13-5-2-6-14-25)29(28)18-19-31(32)35/h1-22H. The average molecular weight is 463 g/mol. The normalized spacial score (nSPS) is 11.4. The highest BCUT2D eigenvalue weighted by molar-refractivity contribution is 6.21. The molecule has 0 unspecified atom stereocenters. The Kier molecular flexibility index (Phi) is 4.61. The lowest BCUT2D eigenvalue weighted by molar-refractivity contribution is 0.103. The van der Waals surface area contributed by atoms with Crippen molar-refractivity contribution in [1.82, 2.24) is 9.13 Å². The lowest BCUT2D eigenvalue weighted by atomic mass is 10.0. The van der Waals surface area contributed by atoms with Crippen LogP contribution in [0.25, 0.3) is 44.1 Å². The van der Waals surface area contributed by atoms with Crippen LogP contribution in [0.3, 0.4) is 0 Å². The summed E-state index contributed by atoms with van der Waals surface area (Å²) in [5.41, 5.74) is 6.91. The van der Waals surface area contributed by atoms with Gasteiger partial charge in [-0.3, -0.25) is 4.79 Å². The molecule has 0 aliphatic rings. The second kappa shape index (κ2) is 8.10. The van der Waals surface area contributed by atoms with Crippen LogP contribution in [0.2, 0.25) is 0 Å².